The molecule has 1 aromatic carbocycles. The molecule has 7 nitrogen and oxygen atoms in total. The molecule has 0 saturated carbocycles. The Bertz CT molecular complexity index is 667. The third-order valence-corrected chi connectivity index (χ3v) is 2.60. The van der Waals surface area contributed by atoms with Gasteiger partial charge in [-0.3, -0.25) is 10.1 Å². The fourth-order valence-corrected chi connectivity index (χ4v) is 1.62. The minimum Gasteiger partial charge on any atom is -0.477 e. The number of carboxylic acid groups (broad SMARTS) is 1. The van der Waals surface area contributed by atoms with E-state index in [2.05, 4.69) is 4.98 Å². The van der Waals surface area contributed by atoms with E-state index in [0.29, 0.717) is 5.56 Å². The molecule has 0 amide bonds. The van der Waals surface area contributed by atoms with Crippen LogP contribution in [0.15, 0.2) is 36.5 Å². The number of non-ortho nitro benzene ring substituents is 1. The van der Waals surface area contributed by atoms with E-state index in [1.54, 1.807) is 13.0 Å². The molecule has 102 valence electrons. The van der Waals surface area contributed by atoms with E-state index < -0.39 is 10.9 Å². The molecule has 0 aliphatic rings. The van der Waals surface area contributed by atoms with E-state index in [-0.39, 0.29) is 22.9 Å². The van der Waals surface area contributed by atoms with Crippen molar-refractivity contribution in [3.05, 3.63) is 57.8 Å². The van der Waals surface area contributed by atoms with Crippen LogP contribution in [0.3, 0.4) is 0 Å². The molecule has 0 aliphatic heterocycles. The Morgan fingerprint density at radius 3 is 2.50 bits per heavy atom. The number of nitro benzene ring substituents is 1. The lowest BCUT2D eigenvalue weighted by atomic mass is 10.1. The van der Waals surface area contributed by atoms with Crippen LogP contribution in [0.5, 0.6) is 11.6 Å². The zero-order chi connectivity index (χ0) is 14.7. The standard InChI is InChI=1S/C13H10N2O5/c1-8-6-7-14-12(11(8)13(16)17)20-10-4-2-9(3-5-10)15(18)19/h2-7H,1H3,(H,16,17). The number of hydrogen-bond acceptors (Lipinski definition) is 5. The van der Waals surface area contributed by atoms with E-state index in [0.717, 1.165) is 0 Å². The van der Waals surface area contributed by atoms with E-state index in [9.17, 15) is 14.9 Å². The molecular weight excluding hydrogens is 264 g/mol. The SMILES string of the molecule is Cc1ccnc(Oc2ccc([N+](=O)[O-])cc2)c1C(=O)O. The molecule has 0 atom stereocenters. The maximum atomic E-state index is 11.2. The lowest BCUT2D eigenvalue weighted by Gasteiger charge is -2.09. The number of rotatable bonds is 4. The number of nitro groups is 1. The van der Waals surface area contributed by atoms with Gasteiger partial charge in [0, 0.05) is 18.3 Å². The third-order valence-electron chi connectivity index (χ3n) is 2.60. The third kappa shape index (κ3) is 2.72. The zero-order valence-corrected chi connectivity index (χ0v) is 10.4. The van der Waals surface area contributed by atoms with Gasteiger partial charge in [-0.25, -0.2) is 9.78 Å². The van der Waals surface area contributed by atoms with Gasteiger partial charge in [0.25, 0.3) is 5.69 Å². The van der Waals surface area contributed by atoms with Crippen molar-refractivity contribution in [3.63, 3.8) is 0 Å². The summed E-state index contributed by atoms with van der Waals surface area (Å²) in [4.78, 5) is 25.0. The van der Waals surface area contributed by atoms with Crippen LogP contribution in [0.4, 0.5) is 5.69 Å². The first-order valence-corrected chi connectivity index (χ1v) is 5.60. The van der Waals surface area contributed by atoms with Gasteiger partial charge in [-0.05, 0) is 30.7 Å². The summed E-state index contributed by atoms with van der Waals surface area (Å²) in [7, 11) is 0. The minimum absolute atomic E-state index is 0.0362. The largest absolute Gasteiger partial charge is 0.477 e. The maximum absolute atomic E-state index is 11.2. The van der Waals surface area contributed by atoms with Crippen molar-refractivity contribution < 1.29 is 19.6 Å². The van der Waals surface area contributed by atoms with Crippen molar-refractivity contribution in [1.82, 2.24) is 4.98 Å². The number of aromatic carboxylic acids is 1. The van der Waals surface area contributed by atoms with Crippen molar-refractivity contribution in [2.75, 3.05) is 0 Å². The summed E-state index contributed by atoms with van der Waals surface area (Å²) in [5.41, 5.74) is 0.406. The number of carboxylic acids is 1. The molecule has 2 aromatic rings. The minimum atomic E-state index is -1.15. The van der Waals surface area contributed by atoms with Crippen molar-refractivity contribution in [2.45, 2.75) is 6.92 Å². The lowest BCUT2D eigenvalue weighted by molar-refractivity contribution is -0.384. The first-order chi connectivity index (χ1) is 9.49. The average Bonchev–Trinajstić information content (AvgIpc) is 2.39. The number of nitrogens with zero attached hydrogens (tertiary/aromatic N) is 2. The molecule has 1 aromatic heterocycles. The molecule has 7 heteroatoms. The van der Waals surface area contributed by atoms with Crippen molar-refractivity contribution in [2.24, 2.45) is 0 Å². The fraction of sp³-hybridized carbons (Fsp3) is 0.0769. The van der Waals surface area contributed by atoms with E-state index in [1.165, 1.54) is 30.5 Å². The highest BCUT2D eigenvalue weighted by Gasteiger charge is 2.16. The van der Waals surface area contributed by atoms with Crippen LogP contribution in [-0.4, -0.2) is 21.0 Å². The van der Waals surface area contributed by atoms with E-state index in [4.69, 9.17) is 9.84 Å². The Hall–Kier alpha value is -2.96. The van der Waals surface area contributed by atoms with Gasteiger partial charge in [-0.15, -0.1) is 0 Å². The molecule has 0 aliphatic carbocycles. The van der Waals surface area contributed by atoms with Crippen LogP contribution in [0, 0.1) is 17.0 Å². The summed E-state index contributed by atoms with van der Waals surface area (Å²) >= 11 is 0. The quantitative estimate of drug-likeness (QED) is 0.679. The van der Waals surface area contributed by atoms with Gasteiger partial charge >= 0.3 is 5.97 Å². The highest BCUT2D eigenvalue weighted by atomic mass is 16.6. The Balaban J connectivity index is 2.33. The first kappa shape index (κ1) is 13.5. The van der Waals surface area contributed by atoms with Gasteiger partial charge in [0.2, 0.25) is 5.88 Å². The van der Waals surface area contributed by atoms with Crippen LogP contribution in [0.25, 0.3) is 0 Å². The fourth-order valence-electron chi connectivity index (χ4n) is 1.62. The average molecular weight is 274 g/mol. The maximum Gasteiger partial charge on any atom is 0.341 e. The van der Waals surface area contributed by atoms with Crippen LogP contribution in [-0.2, 0) is 0 Å². The monoisotopic (exact) mass is 274 g/mol. The van der Waals surface area contributed by atoms with Crippen molar-refractivity contribution in [3.8, 4) is 11.6 Å². The number of carbonyl (C=O) groups is 1. The topological polar surface area (TPSA) is 103 Å². The Morgan fingerprint density at radius 1 is 1.30 bits per heavy atom. The number of ether oxygens (including phenoxy) is 1. The molecule has 20 heavy (non-hydrogen) atoms. The van der Waals surface area contributed by atoms with Crippen LogP contribution in [0.2, 0.25) is 0 Å². The summed E-state index contributed by atoms with van der Waals surface area (Å²) in [6.07, 6.45) is 1.43. The molecule has 0 saturated heterocycles. The van der Waals surface area contributed by atoms with Crippen LogP contribution >= 0.6 is 0 Å². The number of hydrogen-bond donors (Lipinski definition) is 1. The molecule has 0 bridgehead atoms. The van der Waals surface area contributed by atoms with Gasteiger partial charge in [0.05, 0.1) is 4.92 Å². The number of pyridine rings is 1. The van der Waals surface area contributed by atoms with Gasteiger partial charge in [0.15, 0.2) is 0 Å². The van der Waals surface area contributed by atoms with Crippen molar-refractivity contribution in [1.29, 1.82) is 0 Å². The second-order valence-electron chi connectivity index (χ2n) is 3.97. The smallest absolute Gasteiger partial charge is 0.341 e. The predicted octanol–water partition coefficient (Wildman–Crippen LogP) is 2.79. The summed E-state index contributed by atoms with van der Waals surface area (Å²) in [5, 5.41) is 19.7. The summed E-state index contributed by atoms with van der Waals surface area (Å²) in [6, 6.07) is 6.87. The number of benzene rings is 1. The normalized spacial score (nSPS) is 10.1. The second-order valence-corrected chi connectivity index (χ2v) is 3.97. The van der Waals surface area contributed by atoms with E-state index >= 15 is 0 Å². The van der Waals surface area contributed by atoms with Crippen LogP contribution in [0.1, 0.15) is 15.9 Å². The van der Waals surface area contributed by atoms with Gasteiger partial charge < -0.3 is 9.84 Å². The molecular formula is C13H10N2O5. The molecule has 0 spiro atoms. The Labute approximate surface area is 113 Å². The Kier molecular flexibility index (Phi) is 3.60. The molecule has 0 unspecified atom stereocenters. The summed E-state index contributed by atoms with van der Waals surface area (Å²) in [6.45, 7) is 1.63. The molecule has 1 N–H and O–H groups in total. The summed E-state index contributed by atoms with van der Waals surface area (Å²) < 4.78 is 5.37. The van der Waals surface area contributed by atoms with Crippen LogP contribution < -0.4 is 4.74 Å². The Morgan fingerprint density at radius 2 is 1.95 bits per heavy atom. The highest BCUT2D eigenvalue weighted by Crippen LogP contribution is 2.26. The summed E-state index contributed by atoms with van der Waals surface area (Å²) in [5.74, 6) is -0.921. The zero-order valence-electron chi connectivity index (χ0n) is 10.4. The van der Waals surface area contributed by atoms with Gasteiger partial charge in [-0.1, -0.05) is 0 Å². The van der Waals surface area contributed by atoms with E-state index in [1.807, 2.05) is 0 Å². The lowest BCUT2D eigenvalue weighted by Crippen LogP contribution is -2.04. The predicted molar refractivity (Wildman–Crippen MR) is 69.1 cm³/mol. The highest BCUT2D eigenvalue weighted by molar-refractivity contribution is 5.91. The van der Waals surface area contributed by atoms with Crippen molar-refractivity contribution >= 4 is 11.7 Å². The number of aromatic nitrogens is 1. The molecule has 0 radical (unpaired) electrons. The second kappa shape index (κ2) is 5.35. The first-order valence-electron chi connectivity index (χ1n) is 5.60. The molecule has 2 rings (SSSR count). The molecule has 0 fully saturated rings. The molecule has 1 heterocycles. The van der Waals surface area contributed by atoms with Gasteiger partial charge in [-0.2, -0.15) is 0 Å². The van der Waals surface area contributed by atoms with Gasteiger partial charge in [0.1, 0.15) is 11.3 Å². The number of aryl methyl sites for hydroxylation is 1.